The Bertz CT molecular complexity index is 1570. The van der Waals surface area contributed by atoms with Gasteiger partial charge in [-0.25, -0.2) is 9.78 Å². The van der Waals surface area contributed by atoms with Crippen molar-refractivity contribution in [3.05, 3.63) is 82.7 Å². The summed E-state index contributed by atoms with van der Waals surface area (Å²) in [5.41, 5.74) is 6.44. The molecule has 0 fully saturated rings. The van der Waals surface area contributed by atoms with Crippen LogP contribution in [0, 0.1) is 19.8 Å². The molecule has 2 aromatic heterocycles. The number of carboxylic acids is 1. The molecule has 0 aliphatic carbocycles. The minimum atomic E-state index is -0.973. The van der Waals surface area contributed by atoms with Gasteiger partial charge in [0.2, 0.25) is 11.8 Å². The molecule has 0 saturated carbocycles. The minimum absolute atomic E-state index is 0.0519. The largest absolute Gasteiger partial charge is 0.478 e. The maximum Gasteiger partial charge on any atom is 0.335 e. The fourth-order valence-electron chi connectivity index (χ4n) is 5.21. The number of aryl methyl sites for hydroxylation is 3. The van der Waals surface area contributed by atoms with Gasteiger partial charge in [-0.3, -0.25) is 9.40 Å². The van der Waals surface area contributed by atoms with Gasteiger partial charge in [0.25, 0.3) is 0 Å². The highest BCUT2D eigenvalue weighted by Crippen LogP contribution is 2.30. The molecule has 10 heteroatoms. The van der Waals surface area contributed by atoms with E-state index in [9.17, 15) is 9.90 Å². The number of hydrogen-bond acceptors (Lipinski definition) is 8. The summed E-state index contributed by atoms with van der Waals surface area (Å²) in [4.78, 5) is 21.7. The predicted molar refractivity (Wildman–Crippen MR) is 177 cm³/mol. The molecule has 0 spiro atoms. The van der Waals surface area contributed by atoms with Gasteiger partial charge >= 0.3 is 5.97 Å². The molecule has 44 heavy (non-hydrogen) atoms. The van der Waals surface area contributed by atoms with Gasteiger partial charge in [-0.15, -0.1) is 0 Å². The SMILES string of the molecule is Cc1cccc(C)c1-c1cc(OCC(CC(C)C)NCc2cn(C)nc2C(C)(C)C)nc(NSc2cccc(C(=O)O)c2)n1. The van der Waals surface area contributed by atoms with E-state index in [0.29, 0.717) is 30.9 Å². The van der Waals surface area contributed by atoms with Crippen molar-refractivity contribution in [2.75, 3.05) is 11.3 Å². The summed E-state index contributed by atoms with van der Waals surface area (Å²) in [6.45, 7) is 16.2. The Kier molecular flexibility index (Phi) is 10.7. The minimum Gasteiger partial charge on any atom is -0.478 e. The van der Waals surface area contributed by atoms with E-state index in [1.165, 1.54) is 17.5 Å². The number of ether oxygens (including phenoxy) is 1. The number of nitrogens with one attached hydrogen (secondary N) is 2. The monoisotopic (exact) mass is 616 g/mol. The van der Waals surface area contributed by atoms with Crippen molar-refractivity contribution < 1.29 is 14.6 Å². The van der Waals surface area contributed by atoms with E-state index in [1.54, 1.807) is 18.2 Å². The third-order valence-electron chi connectivity index (χ3n) is 7.17. The second-order valence-corrected chi connectivity index (χ2v) is 13.5. The van der Waals surface area contributed by atoms with Crippen LogP contribution in [0.5, 0.6) is 5.88 Å². The van der Waals surface area contributed by atoms with Crippen molar-refractivity contribution in [3.63, 3.8) is 0 Å². The molecule has 0 radical (unpaired) electrons. The zero-order valence-corrected chi connectivity index (χ0v) is 27.7. The highest BCUT2D eigenvalue weighted by molar-refractivity contribution is 8.00. The summed E-state index contributed by atoms with van der Waals surface area (Å²) in [6.07, 6.45) is 3.02. The Morgan fingerprint density at radius 1 is 1.07 bits per heavy atom. The third kappa shape index (κ3) is 8.83. The molecule has 9 nitrogen and oxygen atoms in total. The van der Waals surface area contributed by atoms with Crippen LogP contribution in [0.15, 0.2) is 59.6 Å². The molecule has 1 atom stereocenters. The van der Waals surface area contributed by atoms with E-state index in [0.717, 1.165) is 39.4 Å². The lowest BCUT2D eigenvalue weighted by Gasteiger charge is -2.23. The Morgan fingerprint density at radius 2 is 1.77 bits per heavy atom. The summed E-state index contributed by atoms with van der Waals surface area (Å²) in [5.74, 6) is 0.341. The molecule has 234 valence electrons. The average molecular weight is 617 g/mol. The molecular formula is C34H44N6O3S. The van der Waals surface area contributed by atoms with Gasteiger partial charge in [0.05, 0.1) is 17.0 Å². The van der Waals surface area contributed by atoms with Crippen LogP contribution in [-0.4, -0.2) is 43.5 Å². The van der Waals surface area contributed by atoms with Crippen LogP contribution < -0.4 is 14.8 Å². The third-order valence-corrected chi connectivity index (χ3v) is 7.94. The molecule has 2 heterocycles. The molecule has 2 aromatic carbocycles. The number of aromatic carboxylic acids is 1. The van der Waals surface area contributed by atoms with Crippen molar-refractivity contribution >= 4 is 23.9 Å². The first kappa shape index (κ1) is 33.0. The summed E-state index contributed by atoms with van der Waals surface area (Å²) >= 11 is 1.26. The van der Waals surface area contributed by atoms with Crippen LogP contribution in [0.4, 0.5) is 5.95 Å². The lowest BCUT2D eigenvalue weighted by atomic mass is 9.89. The summed E-state index contributed by atoms with van der Waals surface area (Å²) in [5, 5.41) is 17.8. The van der Waals surface area contributed by atoms with E-state index in [1.807, 2.05) is 29.9 Å². The lowest BCUT2D eigenvalue weighted by Crippen LogP contribution is -2.36. The first-order valence-corrected chi connectivity index (χ1v) is 15.7. The van der Waals surface area contributed by atoms with Gasteiger partial charge in [-0.05, 0) is 67.5 Å². The first-order chi connectivity index (χ1) is 20.8. The number of rotatable bonds is 13. The van der Waals surface area contributed by atoms with E-state index in [4.69, 9.17) is 14.8 Å². The molecule has 0 bridgehead atoms. The Balaban J connectivity index is 1.57. The van der Waals surface area contributed by atoms with Gasteiger partial charge in [0.1, 0.15) is 6.61 Å². The quantitative estimate of drug-likeness (QED) is 0.134. The normalized spacial score (nSPS) is 12.4. The number of aromatic nitrogens is 4. The van der Waals surface area contributed by atoms with E-state index in [2.05, 4.69) is 81.8 Å². The van der Waals surface area contributed by atoms with Crippen LogP contribution in [-0.2, 0) is 19.0 Å². The highest BCUT2D eigenvalue weighted by Gasteiger charge is 2.23. The summed E-state index contributed by atoms with van der Waals surface area (Å²) in [7, 11) is 1.96. The maximum atomic E-state index is 11.4. The zero-order chi connectivity index (χ0) is 32.0. The standard InChI is InChI=1S/C34H44N6O3S/c1-21(2)15-26(35-18-25-19-40(8)38-31(25)34(5,6)7)20-43-29-17-28(30-22(3)11-9-12-23(30)4)36-33(37-29)39-44-27-14-10-13-24(16-27)32(41)42/h9-14,16-17,19,21,26,35H,15,18,20H2,1-8H3,(H,41,42)(H,36,37,39). The van der Waals surface area contributed by atoms with Crippen LogP contribution in [0.2, 0.25) is 0 Å². The van der Waals surface area contributed by atoms with Crippen molar-refractivity contribution in [1.82, 2.24) is 25.1 Å². The van der Waals surface area contributed by atoms with Crippen molar-refractivity contribution in [1.29, 1.82) is 0 Å². The second-order valence-electron chi connectivity index (χ2n) is 12.7. The van der Waals surface area contributed by atoms with Crippen LogP contribution in [0.25, 0.3) is 11.3 Å². The van der Waals surface area contributed by atoms with Crippen LogP contribution in [0.1, 0.15) is 73.8 Å². The average Bonchev–Trinajstić information content (AvgIpc) is 3.34. The van der Waals surface area contributed by atoms with Crippen LogP contribution >= 0.6 is 11.9 Å². The molecule has 3 N–H and O–H groups in total. The fourth-order valence-corrected chi connectivity index (χ4v) is 5.84. The van der Waals surface area contributed by atoms with Crippen molar-refractivity contribution in [2.45, 2.75) is 77.8 Å². The van der Waals surface area contributed by atoms with E-state index in [-0.39, 0.29) is 17.0 Å². The molecule has 4 aromatic rings. The second kappa shape index (κ2) is 14.3. The smallest absolute Gasteiger partial charge is 0.335 e. The number of carbonyl (C=O) groups is 1. The topological polar surface area (TPSA) is 114 Å². The molecule has 1 unspecified atom stereocenters. The number of hydrogen-bond donors (Lipinski definition) is 3. The van der Waals surface area contributed by atoms with Crippen LogP contribution in [0.3, 0.4) is 0 Å². The van der Waals surface area contributed by atoms with Gasteiger partial charge < -0.3 is 15.2 Å². The molecular weight excluding hydrogens is 572 g/mol. The molecule has 0 amide bonds. The van der Waals surface area contributed by atoms with Gasteiger partial charge in [0.15, 0.2) is 0 Å². The number of benzene rings is 2. The van der Waals surface area contributed by atoms with E-state index < -0.39 is 5.97 Å². The van der Waals surface area contributed by atoms with E-state index >= 15 is 0 Å². The molecule has 4 rings (SSSR count). The summed E-state index contributed by atoms with van der Waals surface area (Å²) < 4.78 is 11.5. The Hall–Kier alpha value is -3.89. The maximum absolute atomic E-state index is 11.4. The summed E-state index contributed by atoms with van der Waals surface area (Å²) in [6, 6.07) is 14.9. The zero-order valence-electron chi connectivity index (χ0n) is 26.9. The van der Waals surface area contributed by atoms with Crippen molar-refractivity contribution in [2.24, 2.45) is 13.0 Å². The number of nitrogens with zero attached hydrogens (tertiary/aromatic N) is 4. The Morgan fingerprint density at radius 3 is 2.43 bits per heavy atom. The predicted octanol–water partition coefficient (Wildman–Crippen LogP) is 7.19. The van der Waals surface area contributed by atoms with Gasteiger partial charge in [0, 0.05) is 53.3 Å². The highest BCUT2D eigenvalue weighted by atomic mass is 32.2. The fraction of sp³-hybridized carbons (Fsp3) is 0.412. The first-order valence-electron chi connectivity index (χ1n) is 14.9. The van der Waals surface area contributed by atoms with Crippen molar-refractivity contribution in [3.8, 4) is 17.1 Å². The number of carboxylic acid groups (broad SMARTS) is 1. The van der Waals surface area contributed by atoms with Gasteiger partial charge in [-0.2, -0.15) is 10.1 Å². The number of anilines is 1. The molecule has 0 aliphatic heterocycles. The molecule has 0 aliphatic rings. The lowest BCUT2D eigenvalue weighted by molar-refractivity contribution is 0.0696. The Labute approximate surface area is 265 Å². The van der Waals surface area contributed by atoms with Gasteiger partial charge in [-0.1, -0.05) is 58.9 Å². The molecule has 0 saturated heterocycles.